The van der Waals surface area contributed by atoms with Gasteiger partial charge in [0.1, 0.15) is 0 Å². The van der Waals surface area contributed by atoms with Gasteiger partial charge in [-0.2, -0.15) is 0 Å². The predicted molar refractivity (Wildman–Crippen MR) is 110 cm³/mol. The molecule has 2 amide bonds. The lowest BCUT2D eigenvalue weighted by Crippen LogP contribution is -2.50. The van der Waals surface area contributed by atoms with Crippen molar-refractivity contribution in [1.29, 1.82) is 0 Å². The fourth-order valence-corrected chi connectivity index (χ4v) is 3.37. The van der Waals surface area contributed by atoms with Crippen LogP contribution in [0.2, 0.25) is 10.0 Å². The van der Waals surface area contributed by atoms with E-state index in [0.29, 0.717) is 28.8 Å². The number of nitrogens with zero attached hydrogens (tertiary/aromatic N) is 3. The third-order valence-corrected chi connectivity index (χ3v) is 5.02. The Balaban J connectivity index is 1.56. The second-order valence-electron chi connectivity index (χ2n) is 6.44. The molecule has 0 atom stereocenters. The Hall–Kier alpha value is -2.11. The molecule has 1 aliphatic rings. The largest absolute Gasteiger partial charge is 0.378 e. The van der Waals surface area contributed by atoms with Crippen molar-refractivity contribution in [2.75, 3.05) is 55.4 Å². The maximum absolute atomic E-state index is 12.5. The molecule has 1 fully saturated rings. The first-order valence-corrected chi connectivity index (χ1v) is 9.23. The van der Waals surface area contributed by atoms with Crippen LogP contribution in [0.4, 0.5) is 21.9 Å². The van der Waals surface area contributed by atoms with Crippen LogP contribution in [0.5, 0.6) is 0 Å². The van der Waals surface area contributed by atoms with E-state index >= 15 is 0 Å². The molecule has 2 aromatic rings. The number of carbonyl (C=O) groups is 1. The minimum atomic E-state index is -0.142. The van der Waals surface area contributed by atoms with E-state index in [4.69, 9.17) is 23.2 Å². The lowest BCUT2D eigenvalue weighted by atomic mass is 10.2. The maximum atomic E-state index is 12.5. The molecule has 1 saturated heterocycles. The van der Waals surface area contributed by atoms with Crippen LogP contribution in [0, 0.1) is 0 Å². The van der Waals surface area contributed by atoms with Crippen LogP contribution in [0.15, 0.2) is 42.5 Å². The van der Waals surface area contributed by atoms with E-state index < -0.39 is 0 Å². The molecule has 0 unspecified atom stereocenters. The van der Waals surface area contributed by atoms with Gasteiger partial charge in [-0.3, -0.25) is 0 Å². The molecule has 1 heterocycles. The highest BCUT2D eigenvalue weighted by molar-refractivity contribution is 6.36. The van der Waals surface area contributed by atoms with Crippen molar-refractivity contribution >= 4 is 46.3 Å². The average molecular weight is 393 g/mol. The van der Waals surface area contributed by atoms with Crippen molar-refractivity contribution in [1.82, 2.24) is 4.90 Å². The smallest absolute Gasteiger partial charge is 0.322 e. The lowest BCUT2D eigenvalue weighted by molar-refractivity contribution is 0.208. The molecule has 0 aromatic heterocycles. The molecule has 1 N–H and O–H groups in total. The standard InChI is InChI=1S/C19H22Cl2N4O/c1-23(2)15-4-6-16(7-5-15)24-9-11-25(12-10-24)19(26)22-18-8-3-14(20)13-17(18)21/h3-8,13H,9-12H2,1-2H3,(H,22,26). The lowest BCUT2D eigenvalue weighted by Gasteiger charge is -2.36. The first-order valence-electron chi connectivity index (χ1n) is 8.47. The monoisotopic (exact) mass is 392 g/mol. The number of rotatable bonds is 3. The number of urea groups is 1. The summed E-state index contributed by atoms with van der Waals surface area (Å²) >= 11 is 12.0. The highest BCUT2D eigenvalue weighted by atomic mass is 35.5. The SMILES string of the molecule is CN(C)c1ccc(N2CCN(C(=O)Nc3ccc(Cl)cc3Cl)CC2)cc1. The van der Waals surface area contributed by atoms with E-state index in [-0.39, 0.29) is 6.03 Å². The quantitative estimate of drug-likeness (QED) is 0.840. The number of piperazine rings is 1. The Kier molecular flexibility index (Phi) is 5.79. The molecule has 7 heteroatoms. The normalized spacial score (nSPS) is 14.3. The fraction of sp³-hybridized carbons (Fsp3) is 0.316. The number of anilines is 3. The van der Waals surface area contributed by atoms with Crippen LogP contribution in [0.1, 0.15) is 0 Å². The maximum Gasteiger partial charge on any atom is 0.322 e. The number of hydrogen-bond donors (Lipinski definition) is 1. The molecule has 3 rings (SSSR count). The summed E-state index contributed by atoms with van der Waals surface area (Å²) in [7, 11) is 4.05. The van der Waals surface area contributed by atoms with Crippen LogP contribution in [-0.2, 0) is 0 Å². The third-order valence-electron chi connectivity index (χ3n) is 4.47. The van der Waals surface area contributed by atoms with Gasteiger partial charge in [0.2, 0.25) is 0 Å². The van der Waals surface area contributed by atoms with E-state index in [1.807, 2.05) is 14.1 Å². The number of benzene rings is 2. The van der Waals surface area contributed by atoms with Crippen molar-refractivity contribution in [3.8, 4) is 0 Å². The number of hydrogen-bond acceptors (Lipinski definition) is 3. The number of nitrogens with one attached hydrogen (secondary N) is 1. The van der Waals surface area contributed by atoms with Gasteiger partial charge < -0.3 is 20.0 Å². The summed E-state index contributed by atoms with van der Waals surface area (Å²) in [5.41, 5.74) is 2.92. The molecule has 0 bridgehead atoms. The minimum absolute atomic E-state index is 0.142. The van der Waals surface area contributed by atoms with Gasteiger partial charge in [-0.1, -0.05) is 23.2 Å². The molecule has 26 heavy (non-hydrogen) atoms. The average Bonchev–Trinajstić information content (AvgIpc) is 2.64. The summed E-state index contributed by atoms with van der Waals surface area (Å²) < 4.78 is 0. The number of amides is 2. The Labute approximate surface area is 164 Å². The van der Waals surface area contributed by atoms with E-state index in [0.717, 1.165) is 13.1 Å². The van der Waals surface area contributed by atoms with Gasteiger partial charge in [0.25, 0.3) is 0 Å². The first-order chi connectivity index (χ1) is 12.4. The number of halogens is 2. The van der Waals surface area contributed by atoms with Crippen molar-refractivity contribution in [3.05, 3.63) is 52.5 Å². The van der Waals surface area contributed by atoms with Gasteiger partial charge in [0, 0.05) is 56.7 Å². The van der Waals surface area contributed by atoms with Crippen molar-refractivity contribution < 1.29 is 4.79 Å². The van der Waals surface area contributed by atoms with Crippen molar-refractivity contribution in [2.24, 2.45) is 0 Å². The molecule has 0 spiro atoms. The summed E-state index contributed by atoms with van der Waals surface area (Å²) in [6.07, 6.45) is 0. The fourth-order valence-electron chi connectivity index (χ4n) is 2.91. The summed E-state index contributed by atoms with van der Waals surface area (Å²) in [5, 5.41) is 3.83. The van der Waals surface area contributed by atoms with Crippen LogP contribution >= 0.6 is 23.2 Å². The summed E-state index contributed by atoms with van der Waals surface area (Å²) in [5.74, 6) is 0. The van der Waals surface area contributed by atoms with Gasteiger partial charge in [-0.25, -0.2) is 4.79 Å². The van der Waals surface area contributed by atoms with Crippen molar-refractivity contribution in [3.63, 3.8) is 0 Å². The highest BCUT2D eigenvalue weighted by Gasteiger charge is 2.22. The summed E-state index contributed by atoms with van der Waals surface area (Å²) in [4.78, 5) is 18.6. The zero-order valence-electron chi connectivity index (χ0n) is 14.9. The molecular formula is C19H22Cl2N4O. The molecule has 0 radical (unpaired) electrons. The summed E-state index contributed by atoms with van der Waals surface area (Å²) in [6.45, 7) is 2.91. The zero-order valence-corrected chi connectivity index (χ0v) is 16.4. The first kappa shape index (κ1) is 18.7. The van der Waals surface area contributed by atoms with E-state index in [9.17, 15) is 4.79 Å². The van der Waals surface area contributed by atoms with Crippen LogP contribution < -0.4 is 15.1 Å². The number of carbonyl (C=O) groups excluding carboxylic acids is 1. The van der Waals surface area contributed by atoms with E-state index in [1.54, 1.807) is 23.1 Å². The Bertz CT molecular complexity index is 772. The minimum Gasteiger partial charge on any atom is -0.378 e. The molecule has 138 valence electrons. The van der Waals surface area contributed by atoms with Gasteiger partial charge >= 0.3 is 6.03 Å². The molecule has 0 aliphatic carbocycles. The Morgan fingerprint density at radius 2 is 1.65 bits per heavy atom. The second kappa shape index (κ2) is 8.06. The summed E-state index contributed by atoms with van der Waals surface area (Å²) in [6, 6.07) is 13.4. The zero-order chi connectivity index (χ0) is 18.7. The van der Waals surface area contributed by atoms with Gasteiger partial charge in [-0.15, -0.1) is 0 Å². The van der Waals surface area contributed by atoms with Gasteiger partial charge in [0.05, 0.1) is 10.7 Å². The van der Waals surface area contributed by atoms with Crippen molar-refractivity contribution in [2.45, 2.75) is 0 Å². The third kappa shape index (κ3) is 4.34. The van der Waals surface area contributed by atoms with E-state index in [2.05, 4.69) is 39.4 Å². The molecule has 1 aliphatic heterocycles. The Morgan fingerprint density at radius 1 is 1.00 bits per heavy atom. The molecular weight excluding hydrogens is 371 g/mol. The molecule has 0 saturated carbocycles. The van der Waals surface area contributed by atoms with Crippen LogP contribution in [0.3, 0.4) is 0 Å². The molecule has 5 nitrogen and oxygen atoms in total. The second-order valence-corrected chi connectivity index (χ2v) is 7.28. The van der Waals surface area contributed by atoms with E-state index in [1.165, 1.54) is 11.4 Å². The molecule has 2 aromatic carbocycles. The highest BCUT2D eigenvalue weighted by Crippen LogP contribution is 2.26. The van der Waals surface area contributed by atoms with Gasteiger partial charge in [-0.05, 0) is 42.5 Å². The van der Waals surface area contributed by atoms with Gasteiger partial charge in [0.15, 0.2) is 0 Å². The van der Waals surface area contributed by atoms with Crippen LogP contribution in [-0.4, -0.2) is 51.2 Å². The Morgan fingerprint density at radius 3 is 2.23 bits per heavy atom. The predicted octanol–water partition coefficient (Wildman–Crippen LogP) is 4.41. The van der Waals surface area contributed by atoms with Crippen LogP contribution in [0.25, 0.3) is 0 Å². The topological polar surface area (TPSA) is 38.8 Å².